The molecule has 3 rings (SSSR count). The number of aromatic nitrogens is 1. The van der Waals surface area contributed by atoms with Gasteiger partial charge in [-0.1, -0.05) is 30.1 Å². The molecule has 0 aliphatic heterocycles. The van der Waals surface area contributed by atoms with Crippen molar-refractivity contribution in [2.45, 2.75) is 26.2 Å². The smallest absolute Gasteiger partial charge is 0.264 e. The quantitative estimate of drug-likeness (QED) is 0.855. The van der Waals surface area contributed by atoms with E-state index in [1.165, 1.54) is 4.88 Å². The van der Waals surface area contributed by atoms with E-state index in [2.05, 4.69) is 17.2 Å². The van der Waals surface area contributed by atoms with Crippen LogP contribution < -0.4 is 10.1 Å². The number of aryl methyl sites for hydroxylation is 1. The molecular weight excluding hydrogens is 355 g/mol. The van der Waals surface area contributed by atoms with Crippen molar-refractivity contribution in [3.05, 3.63) is 38.8 Å². The van der Waals surface area contributed by atoms with E-state index < -0.39 is 0 Å². The van der Waals surface area contributed by atoms with Crippen molar-refractivity contribution in [2.24, 2.45) is 5.92 Å². The van der Waals surface area contributed by atoms with Gasteiger partial charge in [-0.2, -0.15) is 0 Å². The Balaban J connectivity index is 1.57. The number of fused-ring (bicyclic) bond motifs is 1. The summed E-state index contributed by atoms with van der Waals surface area (Å²) >= 11 is 13.4. The Bertz CT molecular complexity index is 733. The summed E-state index contributed by atoms with van der Waals surface area (Å²) in [6, 6.07) is 4.88. The highest BCUT2D eigenvalue weighted by Crippen LogP contribution is 2.32. The minimum absolute atomic E-state index is 0.123. The number of nitrogens with zero attached hydrogens (tertiary/aromatic N) is 1. The fraction of sp³-hybridized carbons (Fsp3) is 0.375. The van der Waals surface area contributed by atoms with E-state index in [9.17, 15) is 4.79 Å². The first-order chi connectivity index (χ1) is 11.0. The second kappa shape index (κ2) is 7.07. The highest BCUT2D eigenvalue weighted by molar-refractivity contribution is 7.15. The van der Waals surface area contributed by atoms with Crippen LogP contribution in [-0.2, 0) is 17.6 Å². The molecule has 1 aliphatic rings. The third-order valence-electron chi connectivity index (χ3n) is 3.69. The summed E-state index contributed by atoms with van der Waals surface area (Å²) in [6.07, 6.45) is 3.18. The van der Waals surface area contributed by atoms with Gasteiger partial charge >= 0.3 is 0 Å². The molecule has 0 saturated heterocycles. The van der Waals surface area contributed by atoms with Crippen LogP contribution in [0.25, 0.3) is 0 Å². The van der Waals surface area contributed by atoms with Crippen molar-refractivity contribution < 1.29 is 9.53 Å². The summed E-state index contributed by atoms with van der Waals surface area (Å²) in [7, 11) is 0. The van der Waals surface area contributed by atoms with Crippen LogP contribution in [0.4, 0.5) is 5.13 Å². The van der Waals surface area contributed by atoms with Crippen molar-refractivity contribution in [1.82, 2.24) is 4.98 Å². The van der Waals surface area contributed by atoms with Crippen LogP contribution in [0.3, 0.4) is 0 Å². The topological polar surface area (TPSA) is 51.2 Å². The Hall–Kier alpha value is -1.30. The molecule has 1 heterocycles. The first-order valence-corrected chi connectivity index (χ1v) is 8.95. The zero-order valence-corrected chi connectivity index (χ0v) is 14.9. The van der Waals surface area contributed by atoms with E-state index in [4.69, 9.17) is 27.9 Å². The van der Waals surface area contributed by atoms with E-state index in [0.29, 0.717) is 26.8 Å². The number of carbonyl (C=O) groups excluding carboxylic acids is 1. The SMILES string of the molecule is C[C@@H]1CCc2nc(NC(=O)COc3ccc(Cl)cc3Cl)sc2C1. The Labute approximate surface area is 148 Å². The van der Waals surface area contributed by atoms with Crippen molar-refractivity contribution >= 4 is 45.6 Å². The Morgan fingerprint density at radius 2 is 2.30 bits per heavy atom. The van der Waals surface area contributed by atoms with Crippen LogP contribution in [-0.4, -0.2) is 17.5 Å². The van der Waals surface area contributed by atoms with Gasteiger partial charge in [0, 0.05) is 9.90 Å². The van der Waals surface area contributed by atoms with Gasteiger partial charge in [0.05, 0.1) is 10.7 Å². The molecule has 1 atom stereocenters. The van der Waals surface area contributed by atoms with E-state index >= 15 is 0 Å². The molecule has 1 amide bonds. The lowest BCUT2D eigenvalue weighted by Crippen LogP contribution is -2.20. The number of halogens is 2. The lowest BCUT2D eigenvalue weighted by atomic mass is 9.93. The Morgan fingerprint density at radius 1 is 1.48 bits per heavy atom. The summed E-state index contributed by atoms with van der Waals surface area (Å²) in [5.74, 6) is 0.857. The standard InChI is InChI=1S/C16H16Cl2N2O2S/c1-9-2-4-12-14(6-9)23-16(19-12)20-15(21)8-22-13-5-3-10(17)7-11(13)18/h3,5,7,9H,2,4,6,8H2,1H3,(H,19,20,21)/t9-/m1/s1. The van der Waals surface area contributed by atoms with E-state index in [1.54, 1.807) is 29.5 Å². The lowest BCUT2D eigenvalue weighted by molar-refractivity contribution is -0.118. The Kier molecular flexibility index (Phi) is 5.09. The van der Waals surface area contributed by atoms with E-state index in [-0.39, 0.29) is 12.5 Å². The second-order valence-corrected chi connectivity index (χ2v) is 7.58. The molecule has 0 saturated carbocycles. The van der Waals surface area contributed by atoms with Crippen LogP contribution in [0.1, 0.15) is 23.9 Å². The van der Waals surface area contributed by atoms with Gasteiger partial charge in [0.25, 0.3) is 5.91 Å². The summed E-state index contributed by atoms with van der Waals surface area (Å²) in [6.45, 7) is 2.12. The minimum atomic E-state index is -0.254. The summed E-state index contributed by atoms with van der Waals surface area (Å²) < 4.78 is 5.42. The predicted molar refractivity (Wildman–Crippen MR) is 93.9 cm³/mol. The molecule has 0 bridgehead atoms. The molecule has 122 valence electrons. The molecule has 0 unspecified atom stereocenters. The first-order valence-electron chi connectivity index (χ1n) is 7.37. The van der Waals surface area contributed by atoms with Gasteiger partial charge in [-0.15, -0.1) is 11.3 Å². The lowest BCUT2D eigenvalue weighted by Gasteiger charge is -2.15. The van der Waals surface area contributed by atoms with Crippen molar-refractivity contribution in [2.75, 3.05) is 11.9 Å². The van der Waals surface area contributed by atoms with Crippen LogP contribution in [0.5, 0.6) is 5.75 Å². The molecule has 7 heteroatoms. The number of thiazole rings is 1. The molecular formula is C16H16Cl2N2O2S. The van der Waals surface area contributed by atoms with E-state index in [0.717, 1.165) is 25.0 Å². The molecule has 1 aliphatic carbocycles. The van der Waals surface area contributed by atoms with Gasteiger partial charge in [0.1, 0.15) is 5.75 Å². The van der Waals surface area contributed by atoms with Gasteiger partial charge in [0.15, 0.2) is 11.7 Å². The maximum Gasteiger partial charge on any atom is 0.264 e. The zero-order valence-electron chi connectivity index (χ0n) is 12.6. The van der Waals surface area contributed by atoms with Gasteiger partial charge in [-0.3, -0.25) is 10.1 Å². The molecule has 1 aromatic carbocycles. The summed E-state index contributed by atoms with van der Waals surface area (Å²) in [5.41, 5.74) is 1.12. The number of amides is 1. The van der Waals surface area contributed by atoms with Gasteiger partial charge < -0.3 is 4.74 Å². The maximum absolute atomic E-state index is 12.0. The van der Waals surface area contributed by atoms with Crippen LogP contribution in [0.2, 0.25) is 10.0 Å². The average Bonchev–Trinajstić information content (AvgIpc) is 2.87. The number of rotatable bonds is 4. The second-order valence-electron chi connectivity index (χ2n) is 5.65. The molecule has 1 aromatic heterocycles. The van der Waals surface area contributed by atoms with Crippen molar-refractivity contribution in [3.8, 4) is 5.75 Å². The first kappa shape index (κ1) is 16.6. The number of benzene rings is 1. The molecule has 0 radical (unpaired) electrons. The zero-order chi connectivity index (χ0) is 16.4. The van der Waals surface area contributed by atoms with Crippen LogP contribution in [0.15, 0.2) is 18.2 Å². The number of hydrogen-bond donors (Lipinski definition) is 1. The largest absolute Gasteiger partial charge is 0.482 e. The molecule has 2 aromatic rings. The highest BCUT2D eigenvalue weighted by Gasteiger charge is 2.20. The third-order valence-corrected chi connectivity index (χ3v) is 5.25. The third kappa shape index (κ3) is 4.16. The fourth-order valence-corrected chi connectivity index (χ4v) is 4.13. The average molecular weight is 371 g/mol. The van der Waals surface area contributed by atoms with Gasteiger partial charge in [-0.25, -0.2) is 4.98 Å². The van der Waals surface area contributed by atoms with Gasteiger partial charge in [-0.05, 0) is 43.4 Å². The summed E-state index contributed by atoms with van der Waals surface area (Å²) in [5, 5.41) is 4.33. The van der Waals surface area contributed by atoms with Crippen molar-refractivity contribution in [3.63, 3.8) is 0 Å². The Morgan fingerprint density at radius 3 is 3.09 bits per heavy atom. The maximum atomic E-state index is 12.0. The highest BCUT2D eigenvalue weighted by atomic mass is 35.5. The number of ether oxygens (including phenoxy) is 1. The van der Waals surface area contributed by atoms with Gasteiger partial charge in [0.2, 0.25) is 0 Å². The van der Waals surface area contributed by atoms with Crippen molar-refractivity contribution in [1.29, 1.82) is 0 Å². The van der Waals surface area contributed by atoms with Crippen LogP contribution in [0, 0.1) is 5.92 Å². The molecule has 1 N–H and O–H groups in total. The molecule has 0 fully saturated rings. The molecule has 23 heavy (non-hydrogen) atoms. The number of hydrogen-bond acceptors (Lipinski definition) is 4. The van der Waals surface area contributed by atoms with Crippen LogP contribution >= 0.6 is 34.5 Å². The fourth-order valence-electron chi connectivity index (χ4n) is 2.48. The number of nitrogens with one attached hydrogen (secondary N) is 1. The molecule has 0 spiro atoms. The molecule has 4 nitrogen and oxygen atoms in total. The number of anilines is 1. The van der Waals surface area contributed by atoms with E-state index in [1.807, 2.05) is 0 Å². The minimum Gasteiger partial charge on any atom is -0.482 e. The normalized spacial score (nSPS) is 16.7. The number of carbonyl (C=O) groups is 1. The summed E-state index contributed by atoms with van der Waals surface area (Å²) in [4.78, 5) is 17.8. The predicted octanol–water partition coefficient (Wildman–Crippen LogP) is 4.59. The monoisotopic (exact) mass is 370 g/mol.